The van der Waals surface area contributed by atoms with E-state index in [0.717, 1.165) is 19.6 Å². The highest BCUT2D eigenvalue weighted by molar-refractivity contribution is 6.33. The van der Waals surface area contributed by atoms with Crippen molar-refractivity contribution in [1.82, 2.24) is 14.8 Å². The maximum Gasteiger partial charge on any atom is 0.255 e. The Balaban J connectivity index is 1.98. The summed E-state index contributed by atoms with van der Waals surface area (Å²) in [5.74, 6) is 0.609. The zero-order valence-corrected chi connectivity index (χ0v) is 11.5. The Kier molecular flexibility index (Phi) is 4.80. The molecule has 18 heavy (non-hydrogen) atoms. The number of rotatable bonds is 3. The number of nitrogens with zero attached hydrogens (tertiary/aromatic N) is 3. The number of alkyl halides is 1. The van der Waals surface area contributed by atoms with Crippen LogP contribution in [0.3, 0.4) is 0 Å². The topological polar surface area (TPSA) is 36.4 Å². The molecule has 0 aromatic carbocycles. The second-order valence-corrected chi connectivity index (χ2v) is 4.96. The lowest BCUT2D eigenvalue weighted by Crippen LogP contribution is -2.49. The summed E-state index contributed by atoms with van der Waals surface area (Å²) in [6, 6.07) is 1.66. The average Bonchev–Trinajstić information content (AvgIpc) is 2.40. The largest absolute Gasteiger partial charge is 0.336 e. The van der Waals surface area contributed by atoms with Crippen molar-refractivity contribution >= 4 is 29.1 Å². The summed E-state index contributed by atoms with van der Waals surface area (Å²) in [5, 5.41) is 0.408. The van der Waals surface area contributed by atoms with Gasteiger partial charge in [-0.15, -0.1) is 11.6 Å². The van der Waals surface area contributed by atoms with E-state index in [2.05, 4.69) is 9.88 Å². The molecule has 0 saturated carbocycles. The molecule has 1 saturated heterocycles. The van der Waals surface area contributed by atoms with Gasteiger partial charge in [0.05, 0.1) is 10.6 Å². The van der Waals surface area contributed by atoms with Crippen molar-refractivity contribution in [3.05, 3.63) is 29.0 Å². The first kappa shape index (κ1) is 13.6. The number of halogens is 2. The quantitative estimate of drug-likeness (QED) is 0.795. The first-order valence-electron chi connectivity index (χ1n) is 5.89. The number of pyridine rings is 1. The highest BCUT2D eigenvalue weighted by Gasteiger charge is 2.23. The van der Waals surface area contributed by atoms with E-state index < -0.39 is 0 Å². The molecule has 0 atom stereocenters. The Morgan fingerprint density at radius 1 is 1.33 bits per heavy atom. The van der Waals surface area contributed by atoms with Crippen LogP contribution in [0.1, 0.15) is 10.4 Å². The van der Waals surface area contributed by atoms with Gasteiger partial charge in [0, 0.05) is 51.0 Å². The molecule has 4 nitrogen and oxygen atoms in total. The van der Waals surface area contributed by atoms with E-state index in [-0.39, 0.29) is 5.91 Å². The van der Waals surface area contributed by atoms with E-state index in [1.807, 2.05) is 4.90 Å². The summed E-state index contributed by atoms with van der Waals surface area (Å²) in [6.07, 6.45) is 3.08. The normalized spacial score (nSPS) is 16.9. The summed E-state index contributed by atoms with van der Waals surface area (Å²) < 4.78 is 0. The van der Waals surface area contributed by atoms with Gasteiger partial charge in [-0.25, -0.2) is 0 Å². The molecule has 0 bridgehead atoms. The van der Waals surface area contributed by atoms with Gasteiger partial charge in [0.15, 0.2) is 0 Å². The van der Waals surface area contributed by atoms with Crippen LogP contribution in [0.4, 0.5) is 0 Å². The molecule has 0 spiro atoms. The van der Waals surface area contributed by atoms with Crippen LogP contribution >= 0.6 is 23.2 Å². The van der Waals surface area contributed by atoms with Crippen molar-refractivity contribution in [1.29, 1.82) is 0 Å². The average molecular weight is 288 g/mol. The monoisotopic (exact) mass is 287 g/mol. The third kappa shape index (κ3) is 3.13. The fraction of sp³-hybridized carbons (Fsp3) is 0.500. The maximum atomic E-state index is 12.3. The fourth-order valence-corrected chi connectivity index (χ4v) is 2.45. The maximum absolute atomic E-state index is 12.3. The molecule has 1 aliphatic rings. The van der Waals surface area contributed by atoms with Crippen molar-refractivity contribution in [3.8, 4) is 0 Å². The predicted molar refractivity (Wildman–Crippen MR) is 72.3 cm³/mol. The summed E-state index contributed by atoms with van der Waals surface area (Å²) in [4.78, 5) is 20.2. The molecule has 1 aromatic heterocycles. The summed E-state index contributed by atoms with van der Waals surface area (Å²) in [6.45, 7) is 4.03. The lowest BCUT2D eigenvalue weighted by Gasteiger charge is -2.34. The smallest absolute Gasteiger partial charge is 0.255 e. The van der Waals surface area contributed by atoms with Gasteiger partial charge in [0.1, 0.15) is 0 Å². The van der Waals surface area contributed by atoms with Crippen LogP contribution in [-0.2, 0) is 0 Å². The van der Waals surface area contributed by atoms with Gasteiger partial charge in [-0.2, -0.15) is 0 Å². The van der Waals surface area contributed by atoms with Crippen molar-refractivity contribution in [3.63, 3.8) is 0 Å². The van der Waals surface area contributed by atoms with E-state index >= 15 is 0 Å². The van der Waals surface area contributed by atoms with Crippen molar-refractivity contribution in [2.75, 3.05) is 38.6 Å². The number of hydrogen-bond acceptors (Lipinski definition) is 3. The first-order chi connectivity index (χ1) is 8.72. The minimum atomic E-state index is -0.0204. The number of aromatic nitrogens is 1. The minimum Gasteiger partial charge on any atom is -0.336 e. The molecule has 1 amide bonds. The zero-order valence-electron chi connectivity index (χ0n) is 9.98. The predicted octanol–water partition coefficient (Wildman–Crippen LogP) is 1.73. The first-order valence-corrected chi connectivity index (χ1v) is 6.80. The molecule has 0 radical (unpaired) electrons. The number of amides is 1. The lowest BCUT2D eigenvalue weighted by molar-refractivity contribution is 0.0644. The second-order valence-electron chi connectivity index (χ2n) is 4.18. The Hall–Kier alpha value is -0.840. The molecule has 0 N–H and O–H groups in total. The second kappa shape index (κ2) is 6.36. The van der Waals surface area contributed by atoms with Crippen LogP contribution in [0.15, 0.2) is 18.5 Å². The van der Waals surface area contributed by atoms with E-state index in [1.165, 1.54) is 6.20 Å². The van der Waals surface area contributed by atoms with E-state index in [0.29, 0.717) is 29.6 Å². The molecule has 1 aliphatic heterocycles. The van der Waals surface area contributed by atoms with Crippen LogP contribution in [0.5, 0.6) is 0 Å². The van der Waals surface area contributed by atoms with Crippen molar-refractivity contribution in [2.24, 2.45) is 0 Å². The molecule has 2 heterocycles. The third-order valence-corrected chi connectivity index (χ3v) is 3.53. The van der Waals surface area contributed by atoms with Crippen LogP contribution in [-0.4, -0.2) is 59.3 Å². The fourth-order valence-electron chi connectivity index (χ4n) is 2.01. The highest BCUT2D eigenvalue weighted by atomic mass is 35.5. The highest BCUT2D eigenvalue weighted by Crippen LogP contribution is 2.16. The molecular formula is C12H15Cl2N3O. The van der Waals surface area contributed by atoms with Gasteiger partial charge < -0.3 is 4.90 Å². The van der Waals surface area contributed by atoms with Gasteiger partial charge in [0.25, 0.3) is 5.91 Å². The molecule has 0 aliphatic carbocycles. The van der Waals surface area contributed by atoms with Gasteiger partial charge in [-0.3, -0.25) is 14.7 Å². The van der Waals surface area contributed by atoms with Gasteiger partial charge >= 0.3 is 0 Å². The standard InChI is InChI=1S/C12H15Cl2N3O/c13-2-4-16-5-7-17(8-6-16)12(18)10-1-3-15-9-11(10)14/h1,3,9H,2,4-8H2. The molecule has 98 valence electrons. The zero-order chi connectivity index (χ0) is 13.0. The summed E-state index contributed by atoms with van der Waals surface area (Å²) in [5.41, 5.74) is 0.525. The van der Waals surface area contributed by atoms with Gasteiger partial charge in [0.2, 0.25) is 0 Å². The number of carbonyl (C=O) groups excluding carboxylic acids is 1. The Labute approximate surface area is 116 Å². The summed E-state index contributed by atoms with van der Waals surface area (Å²) in [7, 11) is 0. The van der Waals surface area contributed by atoms with Gasteiger partial charge in [-0.05, 0) is 6.07 Å². The Bertz CT molecular complexity index is 420. The minimum absolute atomic E-state index is 0.0204. The van der Waals surface area contributed by atoms with Crippen LogP contribution in [0.2, 0.25) is 5.02 Å². The SMILES string of the molecule is O=C(c1ccncc1Cl)N1CCN(CCCl)CC1. The molecule has 6 heteroatoms. The van der Waals surface area contributed by atoms with E-state index in [9.17, 15) is 4.79 Å². The molecule has 1 fully saturated rings. The number of hydrogen-bond donors (Lipinski definition) is 0. The molecule has 0 unspecified atom stereocenters. The molecular weight excluding hydrogens is 273 g/mol. The third-order valence-electron chi connectivity index (χ3n) is 3.06. The van der Waals surface area contributed by atoms with Crippen LogP contribution in [0, 0.1) is 0 Å². The van der Waals surface area contributed by atoms with Crippen molar-refractivity contribution in [2.45, 2.75) is 0 Å². The lowest BCUT2D eigenvalue weighted by atomic mass is 10.2. The van der Waals surface area contributed by atoms with Crippen LogP contribution < -0.4 is 0 Å². The van der Waals surface area contributed by atoms with Gasteiger partial charge in [-0.1, -0.05) is 11.6 Å². The molecule has 1 aromatic rings. The van der Waals surface area contributed by atoms with Crippen LogP contribution in [0.25, 0.3) is 0 Å². The molecule has 2 rings (SSSR count). The Morgan fingerprint density at radius 2 is 2.06 bits per heavy atom. The Morgan fingerprint density at radius 3 is 2.67 bits per heavy atom. The number of piperazine rings is 1. The number of carbonyl (C=O) groups is 1. The van der Waals surface area contributed by atoms with Crippen molar-refractivity contribution < 1.29 is 4.79 Å². The summed E-state index contributed by atoms with van der Waals surface area (Å²) >= 11 is 11.7. The van der Waals surface area contributed by atoms with E-state index in [1.54, 1.807) is 12.3 Å². The van der Waals surface area contributed by atoms with E-state index in [4.69, 9.17) is 23.2 Å².